The van der Waals surface area contributed by atoms with Gasteiger partial charge in [-0.15, -0.1) is 0 Å². The fraction of sp³-hybridized carbons (Fsp3) is 0.462. The van der Waals surface area contributed by atoms with Crippen LogP contribution in [-0.2, 0) is 21.1 Å². The number of sulfone groups is 1. The van der Waals surface area contributed by atoms with Crippen molar-refractivity contribution < 1.29 is 45.0 Å². The van der Waals surface area contributed by atoms with Crippen molar-refractivity contribution in [2.75, 3.05) is 13.7 Å². The second-order valence-electron chi connectivity index (χ2n) is 5.21. The van der Waals surface area contributed by atoms with E-state index in [1.807, 2.05) is 0 Å². The summed E-state index contributed by atoms with van der Waals surface area (Å²) in [4.78, 5) is 9.69. The van der Waals surface area contributed by atoms with Crippen LogP contribution in [0.1, 0.15) is 17.2 Å². The SMILES string of the molecule is CNC(=O)COc1ccc(S(=O)(=O)C(F)(F)F)c2c1CC(F)(F)C2O. The Labute approximate surface area is 138 Å². The molecule has 1 amide bonds. The lowest BCUT2D eigenvalue weighted by molar-refractivity contribution is -0.122. The first-order chi connectivity index (χ1) is 11.3. The molecule has 2 N–H and O–H groups in total. The normalized spacial score (nSPS) is 19.4. The van der Waals surface area contributed by atoms with Gasteiger partial charge in [0.25, 0.3) is 21.7 Å². The zero-order valence-electron chi connectivity index (χ0n) is 12.5. The summed E-state index contributed by atoms with van der Waals surface area (Å²) >= 11 is 0. The van der Waals surface area contributed by atoms with Gasteiger partial charge in [0.15, 0.2) is 6.61 Å². The van der Waals surface area contributed by atoms with Crippen molar-refractivity contribution in [2.45, 2.75) is 28.9 Å². The van der Waals surface area contributed by atoms with Crippen LogP contribution in [0.5, 0.6) is 5.75 Å². The predicted molar refractivity (Wildman–Crippen MR) is 72.9 cm³/mol. The minimum absolute atomic E-state index is 0.407. The summed E-state index contributed by atoms with van der Waals surface area (Å²) in [6, 6.07) is 1.17. The minimum atomic E-state index is -5.97. The van der Waals surface area contributed by atoms with Gasteiger partial charge in [0.1, 0.15) is 11.9 Å². The molecule has 1 aromatic rings. The van der Waals surface area contributed by atoms with Crippen molar-refractivity contribution in [3.63, 3.8) is 0 Å². The number of aliphatic hydroxyl groups is 1. The summed E-state index contributed by atoms with van der Waals surface area (Å²) in [5.41, 5.74) is -7.40. The van der Waals surface area contributed by atoms with Crippen LogP contribution < -0.4 is 10.1 Å². The zero-order chi connectivity index (χ0) is 19.2. The highest BCUT2D eigenvalue weighted by atomic mass is 32.2. The molecule has 140 valence electrons. The highest BCUT2D eigenvalue weighted by Gasteiger charge is 2.55. The molecule has 0 spiro atoms. The molecule has 6 nitrogen and oxygen atoms in total. The lowest BCUT2D eigenvalue weighted by Crippen LogP contribution is -2.27. The van der Waals surface area contributed by atoms with Gasteiger partial charge in [-0.2, -0.15) is 13.2 Å². The Bertz CT molecular complexity index is 806. The van der Waals surface area contributed by atoms with E-state index in [1.54, 1.807) is 0 Å². The summed E-state index contributed by atoms with van der Waals surface area (Å²) in [5.74, 6) is -4.94. The molecule has 1 aliphatic rings. The quantitative estimate of drug-likeness (QED) is 0.758. The number of carbonyl (C=O) groups excluding carboxylic acids is 1. The van der Waals surface area contributed by atoms with E-state index in [9.17, 15) is 40.3 Å². The number of fused-ring (bicyclic) bond motifs is 1. The third-order valence-corrected chi connectivity index (χ3v) is 5.14. The van der Waals surface area contributed by atoms with Crippen molar-refractivity contribution in [3.05, 3.63) is 23.3 Å². The molecule has 2 rings (SSSR count). The smallest absolute Gasteiger partial charge is 0.483 e. The maximum absolute atomic E-state index is 13.8. The Morgan fingerprint density at radius 1 is 1.40 bits per heavy atom. The van der Waals surface area contributed by atoms with Crippen LogP contribution in [0.4, 0.5) is 22.0 Å². The molecule has 1 unspecified atom stereocenters. The average molecular weight is 389 g/mol. The van der Waals surface area contributed by atoms with Gasteiger partial charge < -0.3 is 15.2 Å². The maximum atomic E-state index is 13.8. The molecule has 0 fully saturated rings. The number of amides is 1. The highest BCUT2D eigenvalue weighted by Crippen LogP contribution is 2.50. The molecule has 0 aliphatic heterocycles. The lowest BCUT2D eigenvalue weighted by Gasteiger charge is -2.17. The van der Waals surface area contributed by atoms with E-state index in [2.05, 4.69) is 5.32 Å². The molecule has 0 saturated heterocycles. The van der Waals surface area contributed by atoms with Crippen molar-refractivity contribution in [2.24, 2.45) is 0 Å². The first-order valence-corrected chi connectivity index (χ1v) is 8.17. The fourth-order valence-electron chi connectivity index (χ4n) is 2.36. The van der Waals surface area contributed by atoms with Gasteiger partial charge in [0.2, 0.25) is 0 Å². The molecule has 1 aromatic carbocycles. The van der Waals surface area contributed by atoms with Crippen molar-refractivity contribution in [3.8, 4) is 5.75 Å². The summed E-state index contributed by atoms with van der Waals surface area (Å²) < 4.78 is 94.0. The lowest BCUT2D eigenvalue weighted by atomic mass is 10.1. The van der Waals surface area contributed by atoms with Gasteiger partial charge >= 0.3 is 5.51 Å². The number of alkyl halides is 5. The number of likely N-dealkylation sites (N-methyl/N-ethyl adjacent to an activating group) is 1. The summed E-state index contributed by atoms with van der Waals surface area (Å²) in [5, 5.41) is 11.8. The maximum Gasteiger partial charge on any atom is 0.501 e. The standard InChI is InChI=1S/C13H12F5NO5S/c1-19-9(20)5-24-7-2-3-8(25(22,23)13(16,17)18)10-6(7)4-12(14,15)11(10)21/h2-3,11,21H,4-5H2,1H3,(H,19,20). The van der Waals surface area contributed by atoms with E-state index < -0.39 is 68.1 Å². The fourth-order valence-corrected chi connectivity index (χ4v) is 3.38. The second kappa shape index (κ2) is 6.09. The number of nitrogens with one attached hydrogen (secondary N) is 1. The van der Waals surface area contributed by atoms with Crippen LogP contribution >= 0.6 is 0 Å². The van der Waals surface area contributed by atoms with E-state index >= 15 is 0 Å². The van der Waals surface area contributed by atoms with Gasteiger partial charge in [-0.1, -0.05) is 0 Å². The van der Waals surface area contributed by atoms with E-state index in [-0.39, 0.29) is 0 Å². The Kier molecular flexibility index (Phi) is 4.72. The van der Waals surface area contributed by atoms with Crippen LogP contribution in [0.3, 0.4) is 0 Å². The van der Waals surface area contributed by atoms with Crippen LogP contribution in [0, 0.1) is 0 Å². The van der Waals surface area contributed by atoms with Crippen LogP contribution in [-0.4, -0.2) is 44.5 Å². The third kappa shape index (κ3) is 3.27. The van der Waals surface area contributed by atoms with Crippen LogP contribution in [0.25, 0.3) is 0 Å². The molecular weight excluding hydrogens is 377 g/mol. The molecule has 1 atom stereocenters. The summed E-state index contributed by atoms with van der Waals surface area (Å²) in [7, 11) is -4.69. The van der Waals surface area contributed by atoms with Gasteiger partial charge in [0, 0.05) is 24.6 Å². The number of hydrogen-bond donors (Lipinski definition) is 2. The van der Waals surface area contributed by atoms with Crippen LogP contribution in [0.15, 0.2) is 17.0 Å². The Balaban J connectivity index is 2.61. The van der Waals surface area contributed by atoms with Gasteiger partial charge in [-0.25, -0.2) is 17.2 Å². The molecule has 12 heteroatoms. The van der Waals surface area contributed by atoms with E-state index in [0.717, 1.165) is 6.07 Å². The second-order valence-corrected chi connectivity index (χ2v) is 7.12. The van der Waals surface area contributed by atoms with Crippen molar-refractivity contribution >= 4 is 15.7 Å². The number of benzene rings is 1. The zero-order valence-corrected chi connectivity index (χ0v) is 13.3. The molecular formula is C13H12F5NO5S. The molecule has 0 heterocycles. The summed E-state index contributed by atoms with van der Waals surface area (Å²) in [6.07, 6.45) is -3.98. The first-order valence-electron chi connectivity index (χ1n) is 6.69. The van der Waals surface area contributed by atoms with Crippen LogP contribution in [0.2, 0.25) is 0 Å². The molecule has 0 aromatic heterocycles. The minimum Gasteiger partial charge on any atom is -0.483 e. The number of hydrogen-bond acceptors (Lipinski definition) is 5. The molecule has 0 radical (unpaired) electrons. The molecule has 25 heavy (non-hydrogen) atoms. The number of carbonyl (C=O) groups is 1. The highest BCUT2D eigenvalue weighted by molar-refractivity contribution is 7.92. The largest absolute Gasteiger partial charge is 0.501 e. The third-order valence-electron chi connectivity index (χ3n) is 3.59. The van der Waals surface area contributed by atoms with E-state index in [0.29, 0.717) is 6.07 Å². The number of rotatable bonds is 4. The van der Waals surface area contributed by atoms with Crippen molar-refractivity contribution in [1.82, 2.24) is 5.32 Å². The molecule has 1 aliphatic carbocycles. The van der Waals surface area contributed by atoms with E-state index in [4.69, 9.17) is 4.74 Å². The van der Waals surface area contributed by atoms with Gasteiger partial charge in [-0.3, -0.25) is 4.79 Å². The predicted octanol–water partition coefficient (Wildman–Crippen LogP) is 1.33. The Morgan fingerprint density at radius 2 is 2.00 bits per heavy atom. The number of aliphatic hydroxyl groups excluding tert-OH is 1. The molecule has 0 bridgehead atoms. The number of ether oxygens (including phenoxy) is 1. The number of halogens is 5. The van der Waals surface area contributed by atoms with Gasteiger partial charge in [0.05, 0.1) is 4.90 Å². The van der Waals surface area contributed by atoms with E-state index in [1.165, 1.54) is 7.05 Å². The summed E-state index contributed by atoms with van der Waals surface area (Å²) in [6.45, 7) is -0.629. The molecule has 0 saturated carbocycles. The monoisotopic (exact) mass is 389 g/mol. The van der Waals surface area contributed by atoms with Crippen molar-refractivity contribution in [1.29, 1.82) is 0 Å². The topological polar surface area (TPSA) is 92.7 Å². The Hall–Kier alpha value is -1.95. The first kappa shape index (κ1) is 19.4. The average Bonchev–Trinajstić information content (AvgIpc) is 2.74. The van der Waals surface area contributed by atoms with Gasteiger partial charge in [-0.05, 0) is 12.1 Å². The Morgan fingerprint density at radius 3 is 2.52 bits per heavy atom.